The molecule has 0 aliphatic heterocycles. The van der Waals surface area contributed by atoms with Gasteiger partial charge in [-0.15, -0.1) is 11.3 Å². The van der Waals surface area contributed by atoms with Gasteiger partial charge in [0.1, 0.15) is 26.8 Å². The summed E-state index contributed by atoms with van der Waals surface area (Å²) in [5, 5.41) is 3.56. The molecule has 4 rings (SSSR count). The molecule has 0 spiro atoms. The van der Waals surface area contributed by atoms with E-state index in [4.69, 9.17) is 9.29 Å². The van der Waals surface area contributed by atoms with Crippen LogP contribution >= 0.6 is 22.7 Å². The summed E-state index contributed by atoms with van der Waals surface area (Å²) in [6.07, 6.45) is 3.17. The largest absolute Gasteiger partial charge is 0.496 e. The molecular formula is C21H18F2NO4S3+. The van der Waals surface area contributed by atoms with Gasteiger partial charge in [0.15, 0.2) is 6.54 Å². The smallest absolute Gasteiger partial charge is 0.265 e. The number of aromatic nitrogens is 1. The zero-order chi connectivity index (χ0) is 22.2. The van der Waals surface area contributed by atoms with Gasteiger partial charge in [0.2, 0.25) is 5.52 Å². The van der Waals surface area contributed by atoms with Crippen LogP contribution in [-0.4, -0.2) is 25.8 Å². The molecule has 1 N–H and O–H groups in total. The van der Waals surface area contributed by atoms with Crippen molar-refractivity contribution in [2.24, 2.45) is 0 Å². The highest BCUT2D eigenvalue weighted by Crippen LogP contribution is 2.38. The van der Waals surface area contributed by atoms with Crippen LogP contribution in [0.4, 0.5) is 8.78 Å². The minimum atomic E-state index is -4.10. The number of hydrogen-bond acceptors (Lipinski definition) is 5. The third-order valence-corrected chi connectivity index (χ3v) is 7.61. The van der Waals surface area contributed by atoms with Crippen molar-refractivity contribution in [2.45, 2.75) is 13.0 Å². The summed E-state index contributed by atoms with van der Waals surface area (Å²) in [6, 6.07) is 7.52. The van der Waals surface area contributed by atoms with Gasteiger partial charge in [-0.05, 0) is 29.7 Å². The van der Waals surface area contributed by atoms with E-state index in [9.17, 15) is 17.2 Å². The van der Waals surface area contributed by atoms with E-state index in [0.717, 1.165) is 20.3 Å². The summed E-state index contributed by atoms with van der Waals surface area (Å²) >= 11 is 2.93. The van der Waals surface area contributed by atoms with Crippen molar-refractivity contribution in [3.63, 3.8) is 0 Å². The molecule has 10 heteroatoms. The van der Waals surface area contributed by atoms with E-state index in [0.29, 0.717) is 17.3 Å². The van der Waals surface area contributed by atoms with E-state index in [1.54, 1.807) is 13.2 Å². The van der Waals surface area contributed by atoms with Crippen LogP contribution in [0.2, 0.25) is 0 Å². The van der Waals surface area contributed by atoms with Crippen LogP contribution in [0.5, 0.6) is 5.75 Å². The van der Waals surface area contributed by atoms with Gasteiger partial charge in [-0.2, -0.15) is 13.0 Å². The van der Waals surface area contributed by atoms with E-state index >= 15 is 0 Å². The van der Waals surface area contributed by atoms with Crippen molar-refractivity contribution >= 4 is 65.2 Å². The van der Waals surface area contributed by atoms with Gasteiger partial charge in [-0.25, -0.2) is 8.78 Å². The molecule has 31 heavy (non-hydrogen) atoms. The fourth-order valence-corrected chi connectivity index (χ4v) is 6.07. The van der Waals surface area contributed by atoms with Gasteiger partial charge in [0.25, 0.3) is 15.1 Å². The van der Waals surface area contributed by atoms with E-state index < -0.39 is 21.8 Å². The van der Waals surface area contributed by atoms with Crippen molar-refractivity contribution in [2.75, 3.05) is 12.9 Å². The number of aryl methyl sites for hydroxylation is 1. The Hall–Kier alpha value is -2.40. The standard InChI is InChI=1S/C21H17F2NO4S3/c1-28-17-12-18-20(21-14(17)8-10-29-21)24(9-3-11-31(25,26)27)19(30-18)7-6-13-15(22)4-2-5-16(13)23/h2,4-8,10,12H,3,9,11H2,1H3/p+1/b7-6+. The lowest BCUT2D eigenvalue weighted by Crippen LogP contribution is -2.36. The molecule has 0 saturated carbocycles. The Balaban J connectivity index is 1.87. The van der Waals surface area contributed by atoms with Gasteiger partial charge in [-0.3, -0.25) is 4.55 Å². The highest BCUT2D eigenvalue weighted by Gasteiger charge is 2.25. The molecular weight excluding hydrogens is 464 g/mol. The Kier molecular flexibility index (Phi) is 6.07. The monoisotopic (exact) mass is 482 g/mol. The second-order valence-electron chi connectivity index (χ2n) is 6.79. The minimum Gasteiger partial charge on any atom is -0.496 e. The van der Waals surface area contributed by atoms with Crippen LogP contribution in [0, 0.1) is 11.6 Å². The van der Waals surface area contributed by atoms with Gasteiger partial charge in [0.05, 0.1) is 12.9 Å². The molecule has 0 saturated heterocycles. The first kappa shape index (κ1) is 21.8. The minimum absolute atomic E-state index is 0.150. The maximum Gasteiger partial charge on any atom is 0.265 e. The summed E-state index contributed by atoms with van der Waals surface area (Å²) in [5.41, 5.74) is 0.739. The number of rotatable bonds is 7. The zero-order valence-corrected chi connectivity index (χ0v) is 18.8. The number of thiazole rings is 1. The molecule has 2 heterocycles. The maximum atomic E-state index is 14.1. The topological polar surface area (TPSA) is 67.5 Å². The van der Waals surface area contributed by atoms with Crippen LogP contribution in [-0.2, 0) is 16.7 Å². The third-order valence-electron chi connectivity index (χ3n) is 4.79. The third kappa shape index (κ3) is 4.47. The van der Waals surface area contributed by atoms with Gasteiger partial charge < -0.3 is 4.74 Å². The average molecular weight is 483 g/mol. The molecule has 0 aliphatic rings. The zero-order valence-electron chi connectivity index (χ0n) is 16.3. The fourth-order valence-electron chi connectivity index (χ4n) is 3.42. The number of fused-ring (bicyclic) bond motifs is 3. The Bertz CT molecular complexity index is 1390. The number of thiophene rings is 1. The second kappa shape index (κ2) is 8.62. The molecule has 0 radical (unpaired) electrons. The summed E-state index contributed by atoms with van der Waals surface area (Å²) in [6.45, 7) is 0.304. The van der Waals surface area contributed by atoms with Crippen molar-refractivity contribution in [1.29, 1.82) is 0 Å². The first-order chi connectivity index (χ1) is 14.8. The molecule has 5 nitrogen and oxygen atoms in total. The molecule has 0 unspecified atom stereocenters. The summed E-state index contributed by atoms with van der Waals surface area (Å²) < 4.78 is 68.9. The van der Waals surface area contributed by atoms with E-state index in [1.807, 2.05) is 22.1 Å². The first-order valence-electron chi connectivity index (χ1n) is 9.26. The molecule has 0 bridgehead atoms. The van der Waals surface area contributed by atoms with Gasteiger partial charge >= 0.3 is 0 Å². The van der Waals surface area contributed by atoms with Crippen molar-refractivity contribution in [3.05, 3.63) is 57.9 Å². The maximum absolute atomic E-state index is 14.1. The Labute approximate surface area is 185 Å². The Morgan fingerprint density at radius 3 is 2.61 bits per heavy atom. The quantitative estimate of drug-likeness (QED) is 0.293. The number of hydrogen-bond donors (Lipinski definition) is 1. The van der Waals surface area contributed by atoms with E-state index in [2.05, 4.69) is 0 Å². The average Bonchev–Trinajstić information content (AvgIpc) is 3.31. The van der Waals surface area contributed by atoms with Crippen LogP contribution in [0.1, 0.15) is 17.0 Å². The lowest BCUT2D eigenvalue weighted by Gasteiger charge is -2.02. The molecule has 0 atom stereocenters. The van der Waals surface area contributed by atoms with Crippen molar-refractivity contribution in [1.82, 2.24) is 0 Å². The van der Waals surface area contributed by atoms with E-state index in [-0.39, 0.29) is 17.7 Å². The molecule has 0 amide bonds. The first-order valence-corrected chi connectivity index (χ1v) is 12.6. The number of ether oxygens (including phenoxy) is 1. The number of benzene rings is 2. The van der Waals surface area contributed by atoms with Gasteiger partial charge in [0, 0.05) is 29.5 Å². The van der Waals surface area contributed by atoms with Crippen LogP contribution < -0.4 is 9.30 Å². The van der Waals surface area contributed by atoms with Gasteiger partial charge in [-0.1, -0.05) is 17.4 Å². The highest BCUT2D eigenvalue weighted by atomic mass is 32.2. The Morgan fingerprint density at radius 2 is 1.94 bits per heavy atom. The number of methoxy groups -OCH3 is 1. The van der Waals surface area contributed by atoms with Crippen molar-refractivity contribution in [3.8, 4) is 5.75 Å². The number of nitrogens with zero attached hydrogens (tertiary/aromatic N) is 1. The highest BCUT2D eigenvalue weighted by molar-refractivity contribution is 7.85. The second-order valence-corrected chi connectivity index (χ2v) is 10.3. The summed E-state index contributed by atoms with van der Waals surface area (Å²) in [5.74, 6) is -1.01. The Morgan fingerprint density at radius 1 is 1.19 bits per heavy atom. The lowest BCUT2D eigenvalue weighted by atomic mass is 10.2. The van der Waals surface area contributed by atoms with Crippen LogP contribution in [0.25, 0.3) is 32.5 Å². The molecule has 0 fully saturated rings. The molecule has 2 aromatic heterocycles. The van der Waals surface area contributed by atoms with Crippen molar-refractivity contribution < 1.29 is 31.1 Å². The fraction of sp³-hybridized carbons (Fsp3) is 0.190. The van der Waals surface area contributed by atoms with Crippen LogP contribution in [0.15, 0.2) is 35.7 Å². The van der Waals surface area contributed by atoms with Crippen LogP contribution in [0.3, 0.4) is 0 Å². The lowest BCUT2D eigenvalue weighted by molar-refractivity contribution is -0.667. The number of halogens is 2. The summed E-state index contributed by atoms with van der Waals surface area (Å²) in [7, 11) is -2.51. The molecule has 4 aromatic rings. The SMILES string of the molecule is COc1cc2sc(/C=C/c3c(F)cccc3F)[n+](CCCS(=O)(=O)O)c2c2sccc12. The van der Waals surface area contributed by atoms with E-state index in [1.165, 1.54) is 46.9 Å². The predicted octanol–water partition coefficient (Wildman–Crippen LogP) is 5.14. The molecule has 0 aliphatic carbocycles. The molecule has 162 valence electrons. The predicted molar refractivity (Wildman–Crippen MR) is 120 cm³/mol. The molecule has 2 aromatic carbocycles. The normalized spacial score (nSPS) is 12.4. The summed E-state index contributed by atoms with van der Waals surface area (Å²) in [4.78, 5) is 0.